The quantitative estimate of drug-likeness (QED) is 0.244. The summed E-state index contributed by atoms with van der Waals surface area (Å²) in [6.07, 6.45) is 15.0. The van der Waals surface area contributed by atoms with Crippen LogP contribution in [0.15, 0.2) is 24.3 Å². The minimum Gasteiger partial charge on any atom is -0.491 e. The van der Waals surface area contributed by atoms with Gasteiger partial charge in [-0.3, -0.25) is 0 Å². The first-order chi connectivity index (χ1) is 20.4. The molecular formula is C35H46F4O3. The van der Waals surface area contributed by atoms with Crippen LogP contribution in [-0.2, 0) is 4.74 Å². The summed E-state index contributed by atoms with van der Waals surface area (Å²) in [5, 5.41) is 0. The van der Waals surface area contributed by atoms with Crippen LogP contribution in [-0.4, -0.2) is 25.9 Å². The number of ether oxygens (including phenoxy) is 3. The number of hydrogen-bond acceptors (Lipinski definition) is 3. The van der Waals surface area contributed by atoms with E-state index in [1.807, 2.05) is 0 Å². The maximum atomic E-state index is 14.9. The highest BCUT2D eigenvalue weighted by atomic mass is 19.2. The molecule has 0 aromatic heterocycles. The maximum Gasteiger partial charge on any atom is 0.201 e. The van der Waals surface area contributed by atoms with Gasteiger partial charge >= 0.3 is 0 Å². The Morgan fingerprint density at radius 1 is 0.595 bits per heavy atom. The van der Waals surface area contributed by atoms with Gasteiger partial charge in [0.25, 0.3) is 0 Å². The minimum absolute atomic E-state index is 0.153. The standard InChI is InChI=1S/C35H46F4O3/c1-3-5-22-6-10-26-19-24(7-11-25(26)18-22)21-41-27-12-8-23(9-13-27)20-42-31-17-15-29(33(37)35(31)39)28-14-16-30(40-4-2)34(38)32(28)36/h14-17,22-27H,3-13,18-21H2,1-2H3. The van der Waals surface area contributed by atoms with E-state index in [4.69, 9.17) is 14.2 Å². The molecular weight excluding hydrogens is 544 g/mol. The monoisotopic (exact) mass is 590 g/mol. The van der Waals surface area contributed by atoms with Crippen molar-refractivity contribution in [1.29, 1.82) is 0 Å². The first-order valence-corrected chi connectivity index (χ1v) is 16.2. The van der Waals surface area contributed by atoms with Gasteiger partial charge in [0.15, 0.2) is 23.1 Å². The second kappa shape index (κ2) is 14.5. The van der Waals surface area contributed by atoms with Gasteiger partial charge in [-0.05, 0) is 119 Å². The molecule has 2 aromatic carbocycles. The van der Waals surface area contributed by atoms with E-state index in [0.717, 1.165) is 50.0 Å². The average Bonchev–Trinajstić information content (AvgIpc) is 3.00. The van der Waals surface area contributed by atoms with Crippen molar-refractivity contribution in [3.8, 4) is 22.6 Å². The lowest BCUT2D eigenvalue weighted by atomic mass is 9.64. The minimum atomic E-state index is -1.28. The van der Waals surface area contributed by atoms with Gasteiger partial charge in [-0.15, -0.1) is 0 Å². The molecule has 3 fully saturated rings. The molecule has 5 rings (SSSR count). The molecule has 0 spiro atoms. The molecule has 0 N–H and O–H groups in total. The van der Waals surface area contributed by atoms with Gasteiger partial charge in [0.1, 0.15) is 0 Å². The van der Waals surface area contributed by atoms with Gasteiger partial charge in [-0.25, -0.2) is 8.78 Å². The molecule has 4 atom stereocenters. The van der Waals surface area contributed by atoms with Crippen molar-refractivity contribution in [1.82, 2.24) is 0 Å². The topological polar surface area (TPSA) is 27.7 Å². The Hall–Kier alpha value is -2.28. The summed E-state index contributed by atoms with van der Waals surface area (Å²) >= 11 is 0. The summed E-state index contributed by atoms with van der Waals surface area (Å²) in [5.41, 5.74) is -0.737. The molecule has 7 heteroatoms. The zero-order valence-corrected chi connectivity index (χ0v) is 25.1. The van der Waals surface area contributed by atoms with E-state index in [0.29, 0.717) is 5.92 Å². The maximum absolute atomic E-state index is 14.9. The Morgan fingerprint density at radius 2 is 1.14 bits per heavy atom. The molecule has 0 heterocycles. The molecule has 3 nitrogen and oxygen atoms in total. The van der Waals surface area contributed by atoms with Gasteiger partial charge in [-0.2, -0.15) is 8.78 Å². The molecule has 0 bridgehead atoms. The summed E-state index contributed by atoms with van der Waals surface area (Å²) < 4.78 is 75.7. The van der Waals surface area contributed by atoms with E-state index < -0.39 is 23.3 Å². The molecule has 3 aliphatic rings. The highest BCUT2D eigenvalue weighted by Crippen LogP contribution is 2.46. The third kappa shape index (κ3) is 7.26. The summed E-state index contributed by atoms with van der Waals surface area (Å²) in [7, 11) is 0. The van der Waals surface area contributed by atoms with E-state index in [2.05, 4.69) is 6.92 Å². The van der Waals surface area contributed by atoms with Gasteiger partial charge in [0.05, 0.1) is 19.3 Å². The van der Waals surface area contributed by atoms with E-state index in [1.54, 1.807) is 6.92 Å². The van der Waals surface area contributed by atoms with Crippen molar-refractivity contribution < 1.29 is 31.8 Å². The van der Waals surface area contributed by atoms with Crippen LogP contribution in [0.4, 0.5) is 17.6 Å². The number of fused-ring (bicyclic) bond motifs is 1. The smallest absolute Gasteiger partial charge is 0.201 e. The van der Waals surface area contributed by atoms with Crippen molar-refractivity contribution in [2.45, 2.75) is 97.0 Å². The first-order valence-electron chi connectivity index (χ1n) is 16.2. The molecule has 0 radical (unpaired) electrons. The Labute approximate surface area is 248 Å². The van der Waals surface area contributed by atoms with Crippen LogP contribution in [0, 0.1) is 52.9 Å². The molecule has 0 saturated heterocycles. The SMILES string of the molecule is CCCC1CCC2CC(COC3CCC(COc4ccc(-c5ccc(OCC)c(F)c5F)c(F)c4F)CC3)CCC2C1. The van der Waals surface area contributed by atoms with Crippen LogP contribution in [0.2, 0.25) is 0 Å². The third-order valence-electron chi connectivity index (χ3n) is 10.0. The van der Waals surface area contributed by atoms with Crippen molar-refractivity contribution in [3.05, 3.63) is 47.5 Å². The van der Waals surface area contributed by atoms with E-state index in [9.17, 15) is 17.6 Å². The Bertz CT molecular complexity index is 1180. The van der Waals surface area contributed by atoms with Gasteiger partial charge in [0.2, 0.25) is 11.6 Å². The second-order valence-electron chi connectivity index (χ2n) is 12.9. The molecule has 232 valence electrons. The van der Waals surface area contributed by atoms with Crippen molar-refractivity contribution in [2.75, 3.05) is 19.8 Å². The number of rotatable bonds is 11. The van der Waals surface area contributed by atoms with Gasteiger partial charge in [-0.1, -0.05) is 26.2 Å². The van der Waals surface area contributed by atoms with E-state index in [-0.39, 0.29) is 47.9 Å². The van der Waals surface area contributed by atoms with Crippen LogP contribution in [0.1, 0.15) is 90.9 Å². The average molecular weight is 591 g/mol. The second-order valence-corrected chi connectivity index (χ2v) is 12.9. The summed E-state index contributed by atoms with van der Waals surface area (Å²) in [5.74, 6) is -1.77. The number of hydrogen-bond donors (Lipinski definition) is 0. The fraction of sp³-hybridized carbons (Fsp3) is 0.657. The molecule has 3 aliphatic carbocycles. The lowest BCUT2D eigenvalue weighted by molar-refractivity contribution is -0.0247. The predicted molar refractivity (Wildman–Crippen MR) is 157 cm³/mol. The van der Waals surface area contributed by atoms with Gasteiger partial charge < -0.3 is 14.2 Å². The lowest BCUT2D eigenvalue weighted by Crippen LogP contribution is -2.33. The van der Waals surface area contributed by atoms with E-state index in [1.165, 1.54) is 75.6 Å². The highest BCUT2D eigenvalue weighted by molar-refractivity contribution is 5.67. The largest absolute Gasteiger partial charge is 0.491 e. The van der Waals surface area contributed by atoms with Crippen molar-refractivity contribution in [2.24, 2.45) is 29.6 Å². The number of benzene rings is 2. The zero-order valence-electron chi connectivity index (χ0n) is 25.1. The van der Waals surface area contributed by atoms with Crippen LogP contribution in [0.3, 0.4) is 0 Å². The Kier molecular flexibility index (Phi) is 10.7. The van der Waals surface area contributed by atoms with Crippen LogP contribution in [0.5, 0.6) is 11.5 Å². The molecule has 4 unspecified atom stereocenters. The fourth-order valence-corrected chi connectivity index (χ4v) is 7.71. The highest BCUT2D eigenvalue weighted by Gasteiger charge is 2.35. The Morgan fingerprint density at radius 3 is 1.74 bits per heavy atom. The molecule has 0 aliphatic heterocycles. The van der Waals surface area contributed by atoms with Crippen molar-refractivity contribution in [3.63, 3.8) is 0 Å². The lowest BCUT2D eigenvalue weighted by Gasteiger charge is -2.42. The predicted octanol–water partition coefficient (Wildman–Crippen LogP) is 9.90. The summed E-state index contributed by atoms with van der Waals surface area (Å²) in [6, 6.07) is 4.90. The summed E-state index contributed by atoms with van der Waals surface area (Å²) in [4.78, 5) is 0. The first kappa shape index (κ1) is 31.2. The fourth-order valence-electron chi connectivity index (χ4n) is 7.71. The van der Waals surface area contributed by atoms with Gasteiger partial charge in [0, 0.05) is 17.7 Å². The molecule has 2 aromatic rings. The zero-order chi connectivity index (χ0) is 29.6. The molecule has 0 amide bonds. The summed E-state index contributed by atoms with van der Waals surface area (Å²) in [6.45, 7) is 5.24. The number of halogens is 4. The normalized spacial score (nSPS) is 27.9. The van der Waals surface area contributed by atoms with Crippen LogP contribution in [0.25, 0.3) is 11.1 Å². The molecule has 3 saturated carbocycles. The van der Waals surface area contributed by atoms with Crippen LogP contribution >= 0.6 is 0 Å². The third-order valence-corrected chi connectivity index (χ3v) is 10.0. The molecule has 42 heavy (non-hydrogen) atoms. The Balaban J connectivity index is 1.06. The van der Waals surface area contributed by atoms with Crippen molar-refractivity contribution >= 4 is 0 Å². The van der Waals surface area contributed by atoms with E-state index >= 15 is 0 Å². The van der Waals surface area contributed by atoms with Crippen LogP contribution < -0.4 is 9.47 Å².